The molecule has 0 N–H and O–H groups in total. The maximum absolute atomic E-state index is 14.6. The number of aromatic nitrogens is 7. The van der Waals surface area contributed by atoms with Gasteiger partial charge in [-0.05, 0) is 19.4 Å². The second kappa shape index (κ2) is 7.06. The highest BCUT2D eigenvalue weighted by molar-refractivity contribution is 7.70. The molecule has 0 saturated heterocycles. The first-order valence-electron chi connectivity index (χ1n) is 9.62. The zero-order valence-corrected chi connectivity index (χ0v) is 18.1. The minimum Gasteiger partial charge on any atom is -0.319 e. The third kappa shape index (κ3) is 3.61. The molecule has 156 valence electrons. The first-order valence-corrected chi connectivity index (χ1v) is 12.2. The van der Waals surface area contributed by atoms with Crippen molar-refractivity contribution in [3.8, 4) is 11.3 Å². The summed E-state index contributed by atoms with van der Waals surface area (Å²) in [5, 5.41) is 14.1. The Bertz CT molecular complexity index is 1480. The van der Waals surface area contributed by atoms with E-state index in [2.05, 4.69) is 25.4 Å². The average molecular weight is 435 g/mol. The van der Waals surface area contributed by atoms with Crippen LogP contribution in [0.3, 0.4) is 0 Å². The van der Waals surface area contributed by atoms with E-state index in [1.807, 2.05) is 30.5 Å². The number of hydrogen-bond acceptors (Lipinski definition) is 6. The van der Waals surface area contributed by atoms with Crippen LogP contribution >= 0.6 is 7.14 Å². The molecule has 0 aliphatic heterocycles. The average Bonchev–Trinajstić information content (AvgIpc) is 3.29. The second-order valence-electron chi connectivity index (χ2n) is 7.85. The van der Waals surface area contributed by atoms with Crippen molar-refractivity contribution in [2.75, 3.05) is 13.3 Å². The van der Waals surface area contributed by atoms with E-state index in [1.165, 1.54) is 10.7 Å². The molecule has 0 radical (unpaired) electrons. The van der Waals surface area contributed by atoms with Crippen LogP contribution in [0.4, 0.5) is 4.39 Å². The van der Waals surface area contributed by atoms with Crippen molar-refractivity contribution >= 4 is 34.6 Å². The van der Waals surface area contributed by atoms with Crippen molar-refractivity contribution in [3.63, 3.8) is 0 Å². The van der Waals surface area contributed by atoms with Crippen LogP contribution in [-0.4, -0.2) is 48.1 Å². The van der Waals surface area contributed by atoms with Crippen LogP contribution in [0, 0.1) is 5.82 Å². The molecule has 3 aromatic heterocycles. The summed E-state index contributed by atoms with van der Waals surface area (Å²) in [6, 6.07) is 10.6. The van der Waals surface area contributed by atoms with E-state index in [4.69, 9.17) is 0 Å². The molecule has 31 heavy (non-hydrogen) atoms. The lowest BCUT2D eigenvalue weighted by Crippen LogP contribution is -2.05. The van der Waals surface area contributed by atoms with Gasteiger partial charge in [0.1, 0.15) is 13.0 Å². The molecule has 0 spiro atoms. The Balaban J connectivity index is 1.52. The normalized spacial score (nSPS) is 12.1. The van der Waals surface area contributed by atoms with E-state index in [9.17, 15) is 8.96 Å². The van der Waals surface area contributed by atoms with E-state index in [0.29, 0.717) is 28.1 Å². The predicted molar refractivity (Wildman–Crippen MR) is 117 cm³/mol. The summed E-state index contributed by atoms with van der Waals surface area (Å²) >= 11 is 0. The van der Waals surface area contributed by atoms with Crippen LogP contribution in [0.15, 0.2) is 48.8 Å². The molecule has 5 aromatic rings. The lowest BCUT2D eigenvalue weighted by atomic mass is 10.1. The standard InChI is InChI=1S/C21H19FN7OP/c1-28-11-15-8-14(17(22)9-18(15)26-28)12-29-21-20(25-27-29)23-10-19(24-21)13-4-6-16(7-5-13)31(2,3)30/h4-11H,12H2,1-3H3. The fraction of sp³-hybridized carbons (Fsp3) is 0.190. The summed E-state index contributed by atoms with van der Waals surface area (Å²) in [4.78, 5) is 9.00. The van der Waals surface area contributed by atoms with Crippen molar-refractivity contribution in [3.05, 3.63) is 60.2 Å². The van der Waals surface area contributed by atoms with Gasteiger partial charge in [-0.2, -0.15) is 5.10 Å². The van der Waals surface area contributed by atoms with E-state index < -0.39 is 7.14 Å². The topological polar surface area (TPSA) is 91.4 Å². The highest BCUT2D eigenvalue weighted by atomic mass is 31.2. The number of aryl methyl sites for hydroxylation is 1. The maximum Gasteiger partial charge on any atom is 0.221 e. The van der Waals surface area contributed by atoms with Crippen LogP contribution in [0.25, 0.3) is 33.5 Å². The molecule has 0 aliphatic carbocycles. The molecule has 10 heteroatoms. The third-order valence-electron chi connectivity index (χ3n) is 5.12. The van der Waals surface area contributed by atoms with Crippen molar-refractivity contribution in [1.29, 1.82) is 0 Å². The zero-order chi connectivity index (χ0) is 21.8. The van der Waals surface area contributed by atoms with Gasteiger partial charge in [0.15, 0.2) is 5.65 Å². The van der Waals surface area contributed by atoms with Gasteiger partial charge in [-0.1, -0.05) is 29.5 Å². The number of hydrogen-bond donors (Lipinski definition) is 0. The highest BCUT2D eigenvalue weighted by Crippen LogP contribution is 2.35. The van der Waals surface area contributed by atoms with Gasteiger partial charge in [0.2, 0.25) is 5.65 Å². The maximum atomic E-state index is 14.6. The minimum absolute atomic E-state index is 0.166. The Morgan fingerprint density at radius 3 is 2.65 bits per heavy atom. The van der Waals surface area contributed by atoms with Gasteiger partial charge >= 0.3 is 0 Å². The summed E-state index contributed by atoms with van der Waals surface area (Å²) in [6.07, 6.45) is 3.46. The molecule has 2 aromatic carbocycles. The first kappa shape index (κ1) is 19.5. The zero-order valence-electron chi connectivity index (χ0n) is 17.2. The van der Waals surface area contributed by atoms with E-state index in [1.54, 1.807) is 37.3 Å². The fourth-order valence-corrected chi connectivity index (χ4v) is 4.36. The van der Waals surface area contributed by atoms with Crippen molar-refractivity contribution in [2.45, 2.75) is 6.54 Å². The van der Waals surface area contributed by atoms with Gasteiger partial charge in [-0.25, -0.2) is 19.0 Å². The van der Waals surface area contributed by atoms with Crippen LogP contribution in [0.2, 0.25) is 0 Å². The SMILES string of the molecule is Cn1cc2cc(Cn3nnc4ncc(-c5ccc(P(C)(C)=O)cc5)nc43)c(F)cc2n1. The van der Waals surface area contributed by atoms with E-state index in [0.717, 1.165) is 16.3 Å². The summed E-state index contributed by atoms with van der Waals surface area (Å²) < 4.78 is 30.1. The molecule has 0 bridgehead atoms. The van der Waals surface area contributed by atoms with Crippen LogP contribution in [0.5, 0.6) is 0 Å². The molecule has 0 fully saturated rings. The lowest BCUT2D eigenvalue weighted by Gasteiger charge is -2.08. The monoisotopic (exact) mass is 435 g/mol. The van der Waals surface area contributed by atoms with Crippen molar-refractivity contribution in [2.24, 2.45) is 7.05 Å². The Kier molecular flexibility index (Phi) is 4.44. The Morgan fingerprint density at radius 2 is 1.90 bits per heavy atom. The number of rotatable bonds is 4. The molecule has 8 nitrogen and oxygen atoms in total. The fourth-order valence-electron chi connectivity index (χ4n) is 3.49. The first-order chi connectivity index (χ1) is 14.8. The minimum atomic E-state index is -2.33. The molecule has 0 aliphatic rings. The number of nitrogens with zero attached hydrogens (tertiary/aromatic N) is 7. The Labute approximate surface area is 177 Å². The summed E-state index contributed by atoms with van der Waals surface area (Å²) in [6.45, 7) is 3.64. The van der Waals surface area contributed by atoms with Crippen LogP contribution < -0.4 is 5.30 Å². The van der Waals surface area contributed by atoms with Crippen LogP contribution in [-0.2, 0) is 18.2 Å². The van der Waals surface area contributed by atoms with Crippen molar-refractivity contribution < 1.29 is 8.96 Å². The van der Waals surface area contributed by atoms with Gasteiger partial charge in [0.25, 0.3) is 0 Å². The molecule has 0 saturated carbocycles. The van der Waals surface area contributed by atoms with Gasteiger partial charge in [0.05, 0.1) is 24.0 Å². The molecule has 0 unspecified atom stereocenters. The molecule has 5 rings (SSSR count). The summed E-state index contributed by atoms with van der Waals surface area (Å²) in [5.41, 5.74) is 3.38. The molecule has 0 atom stereocenters. The molecule has 3 heterocycles. The second-order valence-corrected chi connectivity index (χ2v) is 11.1. The summed E-state index contributed by atoms with van der Waals surface area (Å²) in [5.74, 6) is -0.363. The van der Waals surface area contributed by atoms with E-state index in [-0.39, 0.29) is 12.4 Å². The molecular weight excluding hydrogens is 416 g/mol. The lowest BCUT2D eigenvalue weighted by molar-refractivity contribution is 0.583. The number of halogens is 1. The van der Waals surface area contributed by atoms with E-state index >= 15 is 0 Å². The Morgan fingerprint density at radius 1 is 1.13 bits per heavy atom. The summed E-state index contributed by atoms with van der Waals surface area (Å²) in [7, 11) is -0.531. The van der Waals surface area contributed by atoms with Crippen molar-refractivity contribution in [1.82, 2.24) is 34.7 Å². The molecular formula is C21H19FN7OP. The number of fused-ring (bicyclic) bond motifs is 2. The molecule has 0 amide bonds. The van der Waals surface area contributed by atoms with Gasteiger partial charge in [-0.3, -0.25) is 4.68 Å². The number of benzene rings is 2. The Hall–Kier alpha value is -3.45. The third-order valence-corrected chi connectivity index (χ3v) is 6.66. The quantitative estimate of drug-likeness (QED) is 0.403. The van der Waals surface area contributed by atoms with Gasteiger partial charge in [-0.15, -0.1) is 5.10 Å². The van der Waals surface area contributed by atoms with Gasteiger partial charge in [0, 0.05) is 41.1 Å². The van der Waals surface area contributed by atoms with Gasteiger partial charge < -0.3 is 4.57 Å². The highest BCUT2D eigenvalue weighted by Gasteiger charge is 2.15. The largest absolute Gasteiger partial charge is 0.319 e. The predicted octanol–water partition coefficient (Wildman–Crippen LogP) is 3.21. The smallest absolute Gasteiger partial charge is 0.221 e. The van der Waals surface area contributed by atoms with Crippen LogP contribution in [0.1, 0.15) is 5.56 Å².